The first-order chi connectivity index (χ1) is 15.6. The number of aryl methyl sites for hydroxylation is 1. The molecule has 168 valence electrons. The fraction of sp³-hybridized carbons (Fsp3) is 0.391. The van der Waals surface area contributed by atoms with E-state index in [0.29, 0.717) is 44.7 Å². The molecule has 0 unspecified atom stereocenters. The Labute approximate surface area is 185 Å². The van der Waals surface area contributed by atoms with Crippen LogP contribution in [0.4, 0.5) is 14.7 Å². The maximum atomic E-state index is 14.3. The number of morpholine rings is 1. The number of hydrogen-bond donors (Lipinski definition) is 0. The molecule has 1 saturated heterocycles. The third kappa shape index (κ3) is 4.31. The zero-order valence-electron chi connectivity index (χ0n) is 17.9. The highest BCUT2D eigenvalue weighted by Crippen LogP contribution is 2.33. The second-order valence-electron chi connectivity index (χ2n) is 8.10. The number of nitrogens with zero attached hydrogens (tertiary/aromatic N) is 5. The lowest BCUT2D eigenvalue weighted by Gasteiger charge is -2.32. The molecule has 0 amide bonds. The minimum atomic E-state index is -0.762. The summed E-state index contributed by atoms with van der Waals surface area (Å²) >= 11 is 0. The van der Waals surface area contributed by atoms with Gasteiger partial charge < -0.3 is 18.9 Å². The molecule has 32 heavy (non-hydrogen) atoms. The molecule has 1 aromatic carbocycles. The zero-order chi connectivity index (χ0) is 22.1. The molecule has 0 saturated carbocycles. The van der Waals surface area contributed by atoms with Crippen LogP contribution in [0.15, 0.2) is 36.5 Å². The predicted octanol–water partition coefficient (Wildman–Crippen LogP) is 3.28. The molecule has 9 heteroatoms. The normalized spacial score (nSPS) is 16.8. The van der Waals surface area contributed by atoms with Gasteiger partial charge in [-0.15, -0.1) is 0 Å². The summed E-state index contributed by atoms with van der Waals surface area (Å²) in [4.78, 5) is 13.8. The Balaban J connectivity index is 1.48. The number of rotatable bonds is 5. The lowest BCUT2D eigenvalue weighted by atomic mass is 10.1. The monoisotopic (exact) mass is 441 g/mol. The molecule has 4 heterocycles. The van der Waals surface area contributed by atoms with Crippen molar-refractivity contribution < 1.29 is 18.3 Å². The van der Waals surface area contributed by atoms with Crippen LogP contribution < -0.4 is 9.64 Å². The van der Waals surface area contributed by atoms with Crippen molar-refractivity contribution in [2.45, 2.75) is 19.5 Å². The van der Waals surface area contributed by atoms with Crippen molar-refractivity contribution in [3.05, 3.63) is 65.1 Å². The summed E-state index contributed by atoms with van der Waals surface area (Å²) < 4.78 is 41.2. The van der Waals surface area contributed by atoms with E-state index in [0.717, 1.165) is 36.8 Å². The van der Waals surface area contributed by atoms with Gasteiger partial charge in [0.15, 0.2) is 11.6 Å². The molecule has 0 N–H and O–H groups in total. The van der Waals surface area contributed by atoms with Crippen molar-refractivity contribution in [2.24, 2.45) is 7.05 Å². The molecule has 2 aliphatic heterocycles. The van der Waals surface area contributed by atoms with E-state index in [1.807, 2.05) is 24.2 Å². The van der Waals surface area contributed by atoms with E-state index < -0.39 is 11.6 Å². The van der Waals surface area contributed by atoms with Gasteiger partial charge in [-0.3, -0.25) is 4.90 Å². The van der Waals surface area contributed by atoms with Crippen LogP contribution in [0, 0.1) is 11.6 Å². The fourth-order valence-electron chi connectivity index (χ4n) is 4.10. The fourth-order valence-corrected chi connectivity index (χ4v) is 4.10. The molecule has 0 radical (unpaired) electrons. The average Bonchev–Trinajstić information content (AvgIpc) is 3.20. The Bertz CT molecular complexity index is 1110. The van der Waals surface area contributed by atoms with Gasteiger partial charge in [-0.1, -0.05) is 0 Å². The SMILES string of the molecule is Cn1cccc1CN1CCc2nc(N3CCOCC3)nc(Oc3ccc(F)cc3F)c2C1. The van der Waals surface area contributed by atoms with Crippen molar-refractivity contribution in [2.75, 3.05) is 37.7 Å². The lowest BCUT2D eigenvalue weighted by molar-refractivity contribution is 0.122. The molecular weight excluding hydrogens is 416 g/mol. The van der Waals surface area contributed by atoms with Gasteiger partial charge in [0.2, 0.25) is 11.8 Å². The molecule has 2 aromatic heterocycles. The van der Waals surface area contributed by atoms with Crippen molar-refractivity contribution in [1.82, 2.24) is 19.4 Å². The maximum Gasteiger partial charge on any atom is 0.229 e. The largest absolute Gasteiger partial charge is 0.435 e. The summed E-state index contributed by atoms with van der Waals surface area (Å²) in [5, 5.41) is 0. The molecule has 0 atom stereocenters. The molecule has 0 aliphatic carbocycles. The summed E-state index contributed by atoms with van der Waals surface area (Å²) in [6.45, 7) is 4.79. The smallest absolute Gasteiger partial charge is 0.229 e. The van der Waals surface area contributed by atoms with Crippen molar-refractivity contribution >= 4 is 5.95 Å². The molecule has 1 fully saturated rings. The highest BCUT2D eigenvalue weighted by molar-refractivity contribution is 5.44. The Hall–Kier alpha value is -3.04. The van der Waals surface area contributed by atoms with Crippen molar-refractivity contribution in [3.8, 4) is 11.6 Å². The summed E-state index contributed by atoms with van der Waals surface area (Å²) in [6.07, 6.45) is 2.76. The highest BCUT2D eigenvalue weighted by atomic mass is 19.1. The zero-order valence-corrected chi connectivity index (χ0v) is 17.9. The van der Waals surface area contributed by atoms with E-state index in [4.69, 9.17) is 14.5 Å². The third-order valence-corrected chi connectivity index (χ3v) is 5.92. The van der Waals surface area contributed by atoms with Gasteiger partial charge in [0.1, 0.15) is 5.82 Å². The summed E-state index contributed by atoms with van der Waals surface area (Å²) in [5.41, 5.74) is 2.94. The van der Waals surface area contributed by atoms with Gasteiger partial charge in [-0.25, -0.2) is 13.8 Å². The number of benzene rings is 1. The Morgan fingerprint density at radius 1 is 1.09 bits per heavy atom. The lowest BCUT2D eigenvalue weighted by Crippen LogP contribution is -2.38. The number of halogens is 2. The molecule has 7 nitrogen and oxygen atoms in total. The number of anilines is 1. The number of fused-ring (bicyclic) bond motifs is 1. The molecule has 2 aliphatic rings. The standard InChI is InChI=1S/C23H25F2N5O2/c1-28-7-2-3-17(28)14-29-8-6-20-18(15-29)22(32-21-5-4-16(24)13-19(21)25)27-23(26-20)30-9-11-31-12-10-30/h2-5,7,13H,6,8-12,14-15H2,1H3. The van der Waals surface area contributed by atoms with E-state index >= 15 is 0 Å². The van der Waals surface area contributed by atoms with E-state index in [1.165, 1.54) is 17.8 Å². The van der Waals surface area contributed by atoms with Gasteiger partial charge in [0.05, 0.1) is 24.5 Å². The van der Waals surface area contributed by atoms with Crippen molar-refractivity contribution in [3.63, 3.8) is 0 Å². The van der Waals surface area contributed by atoms with Crippen LogP contribution in [0.25, 0.3) is 0 Å². The highest BCUT2D eigenvalue weighted by Gasteiger charge is 2.27. The van der Waals surface area contributed by atoms with Crippen LogP contribution in [0.1, 0.15) is 17.0 Å². The van der Waals surface area contributed by atoms with Crippen LogP contribution in [0.3, 0.4) is 0 Å². The van der Waals surface area contributed by atoms with E-state index in [9.17, 15) is 8.78 Å². The Kier molecular flexibility index (Phi) is 5.75. The van der Waals surface area contributed by atoms with Gasteiger partial charge in [0.25, 0.3) is 0 Å². The topological polar surface area (TPSA) is 55.7 Å². The minimum Gasteiger partial charge on any atom is -0.435 e. The first-order valence-corrected chi connectivity index (χ1v) is 10.7. The molecule has 0 bridgehead atoms. The van der Waals surface area contributed by atoms with E-state index in [1.54, 1.807) is 0 Å². The number of hydrogen-bond acceptors (Lipinski definition) is 6. The van der Waals surface area contributed by atoms with E-state index in [-0.39, 0.29) is 5.75 Å². The minimum absolute atomic E-state index is 0.0558. The van der Waals surface area contributed by atoms with Crippen LogP contribution in [-0.4, -0.2) is 52.3 Å². The van der Waals surface area contributed by atoms with E-state index in [2.05, 4.69) is 20.5 Å². The average molecular weight is 441 g/mol. The van der Waals surface area contributed by atoms with Gasteiger partial charge in [-0.05, 0) is 24.3 Å². The predicted molar refractivity (Wildman–Crippen MR) is 115 cm³/mol. The van der Waals surface area contributed by atoms with Crippen LogP contribution >= 0.6 is 0 Å². The summed E-state index contributed by atoms with van der Waals surface area (Å²) in [7, 11) is 2.02. The van der Waals surface area contributed by atoms with Crippen molar-refractivity contribution in [1.29, 1.82) is 0 Å². The third-order valence-electron chi connectivity index (χ3n) is 5.92. The Morgan fingerprint density at radius 3 is 2.69 bits per heavy atom. The van der Waals surface area contributed by atoms with Gasteiger partial charge in [0, 0.05) is 64.1 Å². The number of ether oxygens (including phenoxy) is 2. The Morgan fingerprint density at radius 2 is 1.94 bits per heavy atom. The first kappa shape index (κ1) is 20.8. The maximum absolute atomic E-state index is 14.3. The molecule has 0 spiro atoms. The molecule has 3 aromatic rings. The van der Waals surface area contributed by atoms with Crippen LogP contribution in [0.5, 0.6) is 11.6 Å². The molecular formula is C23H25F2N5O2. The van der Waals surface area contributed by atoms with Gasteiger partial charge >= 0.3 is 0 Å². The first-order valence-electron chi connectivity index (χ1n) is 10.7. The second-order valence-corrected chi connectivity index (χ2v) is 8.10. The molecule has 5 rings (SSSR count). The van der Waals surface area contributed by atoms with Gasteiger partial charge in [-0.2, -0.15) is 4.98 Å². The van der Waals surface area contributed by atoms with Crippen LogP contribution in [0.2, 0.25) is 0 Å². The second kappa shape index (κ2) is 8.84. The summed E-state index contributed by atoms with van der Waals surface area (Å²) in [5.74, 6) is -0.595. The van der Waals surface area contributed by atoms with Crippen LogP contribution in [-0.2, 0) is 31.3 Å². The quantitative estimate of drug-likeness (QED) is 0.606. The summed E-state index contributed by atoms with van der Waals surface area (Å²) in [6, 6.07) is 7.40. The number of aromatic nitrogens is 3.